The van der Waals surface area contributed by atoms with Crippen molar-refractivity contribution in [3.05, 3.63) is 35.9 Å². The molecule has 3 heteroatoms. The molecule has 1 aromatic heterocycles. The summed E-state index contributed by atoms with van der Waals surface area (Å²) in [6.45, 7) is 2.21. The Morgan fingerprint density at radius 3 is 2.95 bits per heavy atom. The first-order chi connectivity index (χ1) is 9.29. The lowest BCUT2D eigenvalue weighted by Crippen LogP contribution is -2.31. The molecule has 98 valence electrons. The summed E-state index contributed by atoms with van der Waals surface area (Å²) in [4.78, 5) is 7.12. The maximum Gasteiger partial charge on any atom is 0.128 e. The molecule has 2 aliphatic rings. The first kappa shape index (κ1) is 11.2. The number of hydrogen-bond acceptors (Lipinski definition) is 3. The first-order valence-corrected chi connectivity index (χ1v) is 7.18. The van der Waals surface area contributed by atoms with Crippen molar-refractivity contribution >= 4 is 16.7 Å². The van der Waals surface area contributed by atoms with Crippen molar-refractivity contribution in [2.24, 2.45) is 5.92 Å². The van der Waals surface area contributed by atoms with E-state index in [-0.39, 0.29) is 0 Å². The van der Waals surface area contributed by atoms with Gasteiger partial charge in [0.25, 0.3) is 0 Å². The maximum atomic E-state index is 6.13. The van der Waals surface area contributed by atoms with Gasteiger partial charge in [0.2, 0.25) is 0 Å². The number of anilines is 1. The standard InChI is InChI=1S/C16H19N3/c17-16-13(8-12-3-1-2-4-15(12)18-16)10-19-9-11-5-6-14(19)7-11/h1-4,8,11,14H,5-7,9-10H2,(H2,17,18). The summed E-state index contributed by atoms with van der Waals surface area (Å²) in [5, 5.41) is 1.19. The van der Waals surface area contributed by atoms with Crippen LogP contribution in [0.25, 0.3) is 10.9 Å². The molecule has 0 spiro atoms. The van der Waals surface area contributed by atoms with Crippen LogP contribution in [0.2, 0.25) is 0 Å². The van der Waals surface area contributed by atoms with Gasteiger partial charge in [-0.25, -0.2) is 4.98 Å². The Balaban J connectivity index is 1.65. The van der Waals surface area contributed by atoms with Crippen LogP contribution in [0.5, 0.6) is 0 Å². The van der Waals surface area contributed by atoms with E-state index in [0.717, 1.165) is 24.0 Å². The zero-order valence-electron chi connectivity index (χ0n) is 11.0. The molecule has 0 amide bonds. The Kier molecular flexibility index (Phi) is 2.49. The molecule has 1 aliphatic carbocycles. The summed E-state index contributed by atoms with van der Waals surface area (Å²) in [7, 11) is 0. The van der Waals surface area contributed by atoms with Gasteiger partial charge in [-0.3, -0.25) is 4.90 Å². The van der Waals surface area contributed by atoms with Crippen molar-refractivity contribution < 1.29 is 0 Å². The van der Waals surface area contributed by atoms with Gasteiger partial charge in [-0.15, -0.1) is 0 Å². The van der Waals surface area contributed by atoms with Crippen LogP contribution >= 0.6 is 0 Å². The number of pyridine rings is 1. The van der Waals surface area contributed by atoms with Gasteiger partial charge in [-0.1, -0.05) is 18.2 Å². The molecule has 2 unspecified atom stereocenters. The van der Waals surface area contributed by atoms with Crippen LogP contribution in [0.4, 0.5) is 5.82 Å². The lowest BCUT2D eigenvalue weighted by Gasteiger charge is -2.27. The zero-order valence-corrected chi connectivity index (χ0v) is 11.0. The van der Waals surface area contributed by atoms with Crippen LogP contribution in [0.15, 0.2) is 30.3 Å². The molecule has 2 fully saturated rings. The minimum atomic E-state index is 0.696. The van der Waals surface area contributed by atoms with Crippen LogP contribution < -0.4 is 5.73 Å². The molecule has 2 bridgehead atoms. The number of aromatic nitrogens is 1. The molecule has 1 aromatic carbocycles. The number of benzene rings is 1. The number of rotatable bonds is 2. The van der Waals surface area contributed by atoms with E-state index in [1.165, 1.54) is 36.8 Å². The summed E-state index contributed by atoms with van der Waals surface area (Å²) in [5.41, 5.74) is 8.30. The zero-order chi connectivity index (χ0) is 12.8. The largest absolute Gasteiger partial charge is 0.383 e. The molecule has 1 saturated heterocycles. The van der Waals surface area contributed by atoms with Crippen LogP contribution in [0.1, 0.15) is 24.8 Å². The van der Waals surface area contributed by atoms with Crippen molar-refractivity contribution in [3.63, 3.8) is 0 Å². The summed E-state index contributed by atoms with van der Waals surface area (Å²) < 4.78 is 0. The monoisotopic (exact) mass is 253 g/mol. The Labute approximate surface area is 113 Å². The molecule has 2 heterocycles. The Hall–Kier alpha value is -1.61. The predicted octanol–water partition coefficient (Wildman–Crippen LogP) is 2.80. The van der Waals surface area contributed by atoms with E-state index in [0.29, 0.717) is 5.82 Å². The minimum Gasteiger partial charge on any atom is -0.383 e. The maximum absolute atomic E-state index is 6.13. The highest BCUT2D eigenvalue weighted by molar-refractivity contribution is 5.81. The second-order valence-corrected chi connectivity index (χ2v) is 5.99. The average molecular weight is 253 g/mol. The molecule has 2 aromatic rings. The molecule has 3 nitrogen and oxygen atoms in total. The van der Waals surface area contributed by atoms with Crippen molar-refractivity contribution in [2.75, 3.05) is 12.3 Å². The van der Waals surface area contributed by atoms with Crippen LogP contribution in [-0.2, 0) is 6.54 Å². The minimum absolute atomic E-state index is 0.696. The van der Waals surface area contributed by atoms with Gasteiger partial charge in [-0.05, 0) is 37.3 Å². The highest BCUT2D eigenvalue weighted by Crippen LogP contribution is 2.38. The number of likely N-dealkylation sites (tertiary alicyclic amines) is 1. The SMILES string of the molecule is Nc1nc2ccccc2cc1CN1CC2CCC1C2. The molecule has 4 rings (SSSR count). The van der Waals surface area contributed by atoms with E-state index in [9.17, 15) is 0 Å². The number of para-hydroxylation sites is 1. The van der Waals surface area contributed by atoms with Gasteiger partial charge in [0.05, 0.1) is 5.52 Å². The highest BCUT2D eigenvalue weighted by atomic mass is 15.2. The molecule has 2 N–H and O–H groups in total. The van der Waals surface area contributed by atoms with E-state index in [1.54, 1.807) is 0 Å². The Morgan fingerprint density at radius 1 is 1.26 bits per heavy atom. The van der Waals surface area contributed by atoms with Crippen molar-refractivity contribution in [3.8, 4) is 0 Å². The summed E-state index contributed by atoms with van der Waals surface area (Å²) in [6, 6.07) is 11.2. The fourth-order valence-corrected chi connectivity index (χ4v) is 3.74. The molecule has 1 aliphatic heterocycles. The third kappa shape index (κ3) is 1.89. The van der Waals surface area contributed by atoms with Gasteiger partial charge < -0.3 is 5.73 Å². The van der Waals surface area contributed by atoms with Crippen LogP contribution in [-0.4, -0.2) is 22.5 Å². The van der Waals surface area contributed by atoms with E-state index >= 15 is 0 Å². The highest BCUT2D eigenvalue weighted by Gasteiger charge is 2.37. The quantitative estimate of drug-likeness (QED) is 0.895. The van der Waals surface area contributed by atoms with Gasteiger partial charge >= 0.3 is 0 Å². The van der Waals surface area contributed by atoms with Crippen LogP contribution in [0, 0.1) is 5.92 Å². The fourth-order valence-electron chi connectivity index (χ4n) is 3.74. The molecule has 0 radical (unpaired) electrons. The van der Waals surface area contributed by atoms with Gasteiger partial charge in [0, 0.05) is 30.1 Å². The van der Waals surface area contributed by atoms with E-state index in [4.69, 9.17) is 5.73 Å². The number of fused-ring (bicyclic) bond motifs is 3. The van der Waals surface area contributed by atoms with Crippen LogP contribution in [0.3, 0.4) is 0 Å². The molecule has 2 atom stereocenters. The van der Waals surface area contributed by atoms with Gasteiger partial charge in [-0.2, -0.15) is 0 Å². The second-order valence-electron chi connectivity index (χ2n) is 5.99. The number of nitrogen functional groups attached to an aromatic ring is 1. The molecule has 1 saturated carbocycles. The number of piperidine rings is 1. The topological polar surface area (TPSA) is 42.1 Å². The van der Waals surface area contributed by atoms with E-state index in [2.05, 4.69) is 28.1 Å². The second kappa shape index (κ2) is 4.20. The van der Waals surface area contributed by atoms with Gasteiger partial charge in [0.1, 0.15) is 5.82 Å². The van der Waals surface area contributed by atoms with Crippen molar-refractivity contribution in [1.29, 1.82) is 0 Å². The predicted molar refractivity (Wildman–Crippen MR) is 77.7 cm³/mol. The fraction of sp³-hybridized carbons (Fsp3) is 0.438. The Morgan fingerprint density at radius 2 is 2.16 bits per heavy atom. The summed E-state index contributed by atoms with van der Waals surface area (Å²) >= 11 is 0. The molecular formula is C16H19N3. The van der Waals surface area contributed by atoms with E-state index < -0.39 is 0 Å². The summed E-state index contributed by atoms with van der Waals surface area (Å²) in [6.07, 6.45) is 4.18. The number of nitrogens with zero attached hydrogens (tertiary/aromatic N) is 2. The first-order valence-electron chi connectivity index (χ1n) is 7.18. The number of hydrogen-bond donors (Lipinski definition) is 1. The normalized spacial score (nSPS) is 26.3. The third-order valence-corrected chi connectivity index (χ3v) is 4.73. The molecular weight excluding hydrogens is 234 g/mol. The van der Waals surface area contributed by atoms with Crippen molar-refractivity contribution in [2.45, 2.75) is 31.8 Å². The van der Waals surface area contributed by atoms with Crippen molar-refractivity contribution in [1.82, 2.24) is 9.88 Å². The third-order valence-electron chi connectivity index (χ3n) is 4.73. The van der Waals surface area contributed by atoms with Gasteiger partial charge in [0.15, 0.2) is 0 Å². The lowest BCUT2D eigenvalue weighted by molar-refractivity contribution is 0.205. The number of nitrogens with two attached hydrogens (primary N) is 1. The average Bonchev–Trinajstić information content (AvgIpc) is 3.02. The lowest BCUT2D eigenvalue weighted by atomic mass is 10.1. The molecule has 19 heavy (non-hydrogen) atoms. The van der Waals surface area contributed by atoms with E-state index in [1.807, 2.05) is 12.1 Å². The Bertz CT molecular complexity index is 622. The smallest absolute Gasteiger partial charge is 0.128 e. The summed E-state index contributed by atoms with van der Waals surface area (Å²) in [5.74, 6) is 1.63.